The molecule has 4 rings (SSSR count). The second-order valence-corrected chi connectivity index (χ2v) is 7.99. The Bertz CT molecular complexity index is 1250. The summed E-state index contributed by atoms with van der Waals surface area (Å²) in [6, 6.07) is 18.3. The Hall–Kier alpha value is -3.81. The highest BCUT2D eigenvalue weighted by Gasteiger charge is 2.32. The molecule has 1 heterocycles. The summed E-state index contributed by atoms with van der Waals surface area (Å²) in [6.07, 6.45) is 0. The van der Waals surface area contributed by atoms with Gasteiger partial charge in [0.25, 0.3) is 0 Å². The second kappa shape index (κ2) is 8.97. The lowest BCUT2D eigenvalue weighted by Crippen LogP contribution is -2.30. The molecule has 0 saturated heterocycles. The van der Waals surface area contributed by atoms with E-state index in [2.05, 4.69) is 10.2 Å². The van der Waals surface area contributed by atoms with Gasteiger partial charge in [0, 0.05) is 19.2 Å². The van der Waals surface area contributed by atoms with Crippen molar-refractivity contribution in [3.63, 3.8) is 0 Å². The molecular weight excluding hydrogens is 431 g/mol. The van der Waals surface area contributed by atoms with E-state index >= 15 is 0 Å². The number of aromatic nitrogens is 3. The average molecular weight is 453 g/mol. The molecule has 0 aliphatic carbocycles. The molecular formula is C25H22F3N3O2. The van der Waals surface area contributed by atoms with Crippen LogP contribution in [0.25, 0.3) is 11.4 Å². The van der Waals surface area contributed by atoms with Gasteiger partial charge in [-0.3, -0.25) is 0 Å². The Morgan fingerprint density at radius 3 is 2.21 bits per heavy atom. The summed E-state index contributed by atoms with van der Waals surface area (Å²) in [5.74, 6) is -2.56. The van der Waals surface area contributed by atoms with Crippen molar-refractivity contribution in [1.82, 2.24) is 14.8 Å². The molecule has 0 saturated carbocycles. The standard InChI is InChI=1S/C25H22F3N3O2/c1-25(2,33-22-19(27)13-17(26)14-20(22)28)24-30-29-23(31(24)3)18-11-7-8-12-21(18)32-15-16-9-5-4-6-10-16/h4-14H,15H2,1-3H3. The van der Waals surface area contributed by atoms with E-state index in [1.165, 1.54) is 0 Å². The van der Waals surface area contributed by atoms with Gasteiger partial charge in [-0.1, -0.05) is 42.5 Å². The fraction of sp³-hybridized carbons (Fsp3) is 0.200. The van der Waals surface area contributed by atoms with Crippen molar-refractivity contribution in [1.29, 1.82) is 0 Å². The van der Waals surface area contributed by atoms with Gasteiger partial charge >= 0.3 is 0 Å². The topological polar surface area (TPSA) is 49.2 Å². The van der Waals surface area contributed by atoms with E-state index in [9.17, 15) is 13.2 Å². The maximum Gasteiger partial charge on any atom is 0.192 e. The third kappa shape index (κ3) is 4.69. The minimum absolute atomic E-state index is 0.318. The maximum atomic E-state index is 14.1. The van der Waals surface area contributed by atoms with Crippen molar-refractivity contribution >= 4 is 0 Å². The molecule has 3 aromatic carbocycles. The summed E-state index contributed by atoms with van der Waals surface area (Å²) in [4.78, 5) is 0. The van der Waals surface area contributed by atoms with Crippen LogP contribution in [0.1, 0.15) is 25.2 Å². The van der Waals surface area contributed by atoms with E-state index in [0.29, 0.717) is 41.7 Å². The molecule has 0 aliphatic rings. The third-order valence-electron chi connectivity index (χ3n) is 5.10. The lowest BCUT2D eigenvalue weighted by molar-refractivity contribution is 0.0833. The summed E-state index contributed by atoms with van der Waals surface area (Å²) in [7, 11) is 1.72. The lowest BCUT2D eigenvalue weighted by atomic mass is 10.1. The number of para-hydroxylation sites is 1. The van der Waals surface area contributed by atoms with E-state index in [4.69, 9.17) is 9.47 Å². The van der Waals surface area contributed by atoms with Gasteiger partial charge in [-0.05, 0) is 31.5 Å². The Balaban J connectivity index is 1.63. The summed E-state index contributed by atoms with van der Waals surface area (Å²) in [6.45, 7) is 3.57. The fourth-order valence-electron chi connectivity index (χ4n) is 3.53. The predicted molar refractivity (Wildman–Crippen MR) is 117 cm³/mol. The first kappa shape index (κ1) is 22.4. The second-order valence-electron chi connectivity index (χ2n) is 7.99. The van der Waals surface area contributed by atoms with Gasteiger partial charge in [0.05, 0.1) is 5.56 Å². The van der Waals surface area contributed by atoms with E-state index < -0.39 is 28.8 Å². The van der Waals surface area contributed by atoms with E-state index in [-0.39, 0.29) is 0 Å². The van der Waals surface area contributed by atoms with Crippen LogP contribution in [0, 0.1) is 17.5 Å². The quantitative estimate of drug-likeness (QED) is 0.355. The highest BCUT2D eigenvalue weighted by Crippen LogP contribution is 2.34. The van der Waals surface area contributed by atoms with Crippen molar-refractivity contribution in [3.05, 3.63) is 95.6 Å². The molecule has 0 unspecified atom stereocenters. The normalized spacial score (nSPS) is 11.5. The Morgan fingerprint density at radius 1 is 0.879 bits per heavy atom. The number of hydrogen-bond acceptors (Lipinski definition) is 4. The van der Waals surface area contributed by atoms with Crippen LogP contribution in [0.2, 0.25) is 0 Å². The van der Waals surface area contributed by atoms with E-state index in [0.717, 1.165) is 5.56 Å². The number of nitrogens with zero attached hydrogens (tertiary/aromatic N) is 3. The van der Waals surface area contributed by atoms with Gasteiger partial charge < -0.3 is 14.0 Å². The number of ether oxygens (including phenoxy) is 2. The number of rotatable bonds is 7. The van der Waals surface area contributed by atoms with Crippen LogP contribution in [0.3, 0.4) is 0 Å². The van der Waals surface area contributed by atoms with Crippen LogP contribution in [-0.4, -0.2) is 14.8 Å². The van der Waals surface area contributed by atoms with Crippen LogP contribution in [0.5, 0.6) is 11.5 Å². The minimum Gasteiger partial charge on any atom is -0.488 e. The van der Waals surface area contributed by atoms with Crippen LogP contribution >= 0.6 is 0 Å². The first-order valence-corrected chi connectivity index (χ1v) is 10.3. The van der Waals surface area contributed by atoms with Gasteiger partial charge in [-0.2, -0.15) is 0 Å². The lowest BCUT2D eigenvalue weighted by Gasteiger charge is -2.26. The van der Waals surface area contributed by atoms with Crippen molar-refractivity contribution in [2.45, 2.75) is 26.1 Å². The van der Waals surface area contributed by atoms with Gasteiger partial charge in [-0.15, -0.1) is 10.2 Å². The highest BCUT2D eigenvalue weighted by molar-refractivity contribution is 5.64. The molecule has 0 fully saturated rings. The monoisotopic (exact) mass is 453 g/mol. The van der Waals surface area contributed by atoms with E-state index in [1.54, 1.807) is 25.5 Å². The van der Waals surface area contributed by atoms with Gasteiger partial charge in [0.15, 0.2) is 34.6 Å². The number of hydrogen-bond donors (Lipinski definition) is 0. The Labute approximate surface area is 189 Å². The minimum atomic E-state index is -1.28. The third-order valence-corrected chi connectivity index (χ3v) is 5.10. The largest absolute Gasteiger partial charge is 0.488 e. The van der Waals surface area contributed by atoms with Crippen LogP contribution in [0.4, 0.5) is 13.2 Å². The highest BCUT2D eigenvalue weighted by atomic mass is 19.1. The van der Waals surface area contributed by atoms with Crippen LogP contribution < -0.4 is 9.47 Å². The molecule has 0 bridgehead atoms. The molecule has 33 heavy (non-hydrogen) atoms. The van der Waals surface area contributed by atoms with Crippen LogP contribution in [-0.2, 0) is 19.3 Å². The molecule has 1 aromatic heterocycles. The van der Waals surface area contributed by atoms with Gasteiger partial charge in [0.1, 0.15) is 18.2 Å². The molecule has 0 atom stereocenters. The van der Waals surface area contributed by atoms with Gasteiger partial charge in [0.2, 0.25) is 0 Å². The molecule has 0 N–H and O–H groups in total. The summed E-state index contributed by atoms with van der Waals surface area (Å²) in [5.41, 5.74) is 0.438. The zero-order chi connectivity index (χ0) is 23.6. The summed E-state index contributed by atoms with van der Waals surface area (Å²) in [5, 5.41) is 8.48. The molecule has 0 spiro atoms. The van der Waals surface area contributed by atoms with Crippen molar-refractivity contribution in [2.75, 3.05) is 0 Å². The van der Waals surface area contributed by atoms with Crippen molar-refractivity contribution < 1.29 is 22.6 Å². The SMILES string of the molecule is Cn1c(-c2ccccc2OCc2ccccc2)nnc1C(C)(C)Oc1c(F)cc(F)cc1F. The van der Waals surface area contributed by atoms with E-state index in [1.807, 2.05) is 54.6 Å². The molecule has 5 nitrogen and oxygen atoms in total. The summed E-state index contributed by atoms with van der Waals surface area (Å²) >= 11 is 0. The molecule has 0 radical (unpaired) electrons. The smallest absolute Gasteiger partial charge is 0.192 e. The molecule has 0 amide bonds. The zero-order valence-electron chi connectivity index (χ0n) is 18.3. The molecule has 170 valence electrons. The first-order valence-electron chi connectivity index (χ1n) is 10.3. The fourth-order valence-corrected chi connectivity index (χ4v) is 3.53. The zero-order valence-corrected chi connectivity index (χ0v) is 18.3. The first-order chi connectivity index (χ1) is 15.8. The molecule has 8 heteroatoms. The van der Waals surface area contributed by atoms with Crippen molar-refractivity contribution in [2.24, 2.45) is 7.05 Å². The average Bonchev–Trinajstić information content (AvgIpc) is 3.18. The van der Waals surface area contributed by atoms with Crippen molar-refractivity contribution in [3.8, 4) is 22.9 Å². The Kier molecular flexibility index (Phi) is 6.09. The Morgan fingerprint density at radius 2 is 1.52 bits per heavy atom. The van der Waals surface area contributed by atoms with Gasteiger partial charge in [-0.25, -0.2) is 13.2 Å². The number of halogens is 3. The van der Waals surface area contributed by atoms with Crippen LogP contribution in [0.15, 0.2) is 66.7 Å². The maximum absolute atomic E-state index is 14.1. The summed E-state index contributed by atoms with van der Waals surface area (Å²) < 4.78 is 54.8. The number of benzene rings is 3. The molecule has 0 aliphatic heterocycles. The predicted octanol–water partition coefficient (Wildman–Crippen LogP) is 5.79. The molecule has 4 aromatic rings.